The number of carbonyl (C=O) groups is 2. The van der Waals surface area contributed by atoms with E-state index < -0.39 is 0 Å². The molecule has 2 rings (SSSR count). The molecule has 0 aliphatic carbocycles. The summed E-state index contributed by atoms with van der Waals surface area (Å²) in [7, 11) is 1.86. The van der Waals surface area contributed by atoms with Gasteiger partial charge in [0.2, 0.25) is 11.8 Å². The van der Waals surface area contributed by atoms with Gasteiger partial charge in [0.1, 0.15) is 0 Å². The second-order valence-electron chi connectivity index (χ2n) is 5.58. The summed E-state index contributed by atoms with van der Waals surface area (Å²) < 4.78 is 0. The fraction of sp³-hybridized carbons (Fsp3) is 0.500. The average Bonchev–Trinajstić information content (AvgIpc) is 2.50. The maximum atomic E-state index is 12.0. The van der Waals surface area contributed by atoms with Gasteiger partial charge in [-0.05, 0) is 38.4 Å². The number of nitrogens with one attached hydrogen (secondary N) is 3. The molecule has 1 aliphatic rings. The van der Waals surface area contributed by atoms with E-state index in [0.717, 1.165) is 11.3 Å². The van der Waals surface area contributed by atoms with Gasteiger partial charge in [0.25, 0.3) is 0 Å². The first-order valence-corrected chi connectivity index (χ1v) is 7.43. The first kappa shape index (κ1) is 15.5. The summed E-state index contributed by atoms with van der Waals surface area (Å²) in [6, 6.07) is 8.07. The monoisotopic (exact) mass is 289 g/mol. The lowest BCUT2D eigenvalue weighted by Gasteiger charge is -2.24. The van der Waals surface area contributed by atoms with Crippen molar-refractivity contribution in [1.29, 1.82) is 0 Å². The fourth-order valence-electron chi connectivity index (χ4n) is 2.41. The Hall–Kier alpha value is -1.88. The fourth-order valence-corrected chi connectivity index (χ4v) is 2.41. The van der Waals surface area contributed by atoms with Crippen molar-refractivity contribution >= 4 is 17.5 Å². The van der Waals surface area contributed by atoms with Gasteiger partial charge < -0.3 is 16.0 Å². The lowest BCUT2D eigenvalue weighted by molar-refractivity contribution is -0.122. The predicted octanol–water partition coefficient (Wildman–Crippen LogP) is 1.30. The highest BCUT2D eigenvalue weighted by atomic mass is 16.2. The molecule has 0 aromatic heterocycles. The number of rotatable bonds is 6. The molecule has 5 heteroatoms. The molecular formula is C16H23N3O2. The van der Waals surface area contributed by atoms with Crippen LogP contribution in [0.5, 0.6) is 0 Å². The van der Waals surface area contributed by atoms with Crippen molar-refractivity contribution in [2.45, 2.75) is 32.2 Å². The third kappa shape index (κ3) is 4.29. The van der Waals surface area contributed by atoms with Crippen LogP contribution in [0.25, 0.3) is 0 Å². The van der Waals surface area contributed by atoms with Crippen molar-refractivity contribution in [2.75, 3.05) is 18.9 Å². The third-order valence-corrected chi connectivity index (χ3v) is 3.93. The molecule has 2 atom stereocenters. The summed E-state index contributed by atoms with van der Waals surface area (Å²) in [5.41, 5.74) is 2.04. The summed E-state index contributed by atoms with van der Waals surface area (Å²) in [6.07, 6.45) is 1.68. The molecule has 0 radical (unpaired) electrons. The Morgan fingerprint density at radius 3 is 2.95 bits per heavy atom. The van der Waals surface area contributed by atoms with Gasteiger partial charge in [0, 0.05) is 30.6 Å². The Kier molecular flexibility index (Phi) is 5.33. The zero-order chi connectivity index (χ0) is 15.2. The van der Waals surface area contributed by atoms with E-state index in [0.29, 0.717) is 25.8 Å². The van der Waals surface area contributed by atoms with Crippen molar-refractivity contribution in [3.63, 3.8) is 0 Å². The smallest absolute Gasteiger partial charge is 0.227 e. The zero-order valence-corrected chi connectivity index (χ0v) is 12.6. The van der Waals surface area contributed by atoms with Crippen LogP contribution in [0.1, 0.15) is 25.3 Å². The van der Waals surface area contributed by atoms with E-state index in [4.69, 9.17) is 0 Å². The number of anilines is 1. The third-order valence-electron chi connectivity index (χ3n) is 3.93. The molecule has 0 saturated carbocycles. The number of likely N-dealkylation sites (N-methyl/N-ethyl adjacent to an activating group) is 1. The summed E-state index contributed by atoms with van der Waals surface area (Å²) >= 11 is 0. The van der Waals surface area contributed by atoms with Gasteiger partial charge in [0.15, 0.2) is 0 Å². The summed E-state index contributed by atoms with van der Waals surface area (Å²) in [5.74, 6) is -0.0961. The van der Waals surface area contributed by atoms with Gasteiger partial charge in [-0.25, -0.2) is 0 Å². The molecule has 21 heavy (non-hydrogen) atoms. The van der Waals surface area contributed by atoms with Crippen molar-refractivity contribution in [1.82, 2.24) is 10.6 Å². The highest BCUT2D eigenvalue weighted by molar-refractivity contribution is 5.96. The number of para-hydroxylation sites is 1. The maximum Gasteiger partial charge on any atom is 0.227 e. The van der Waals surface area contributed by atoms with E-state index in [1.54, 1.807) is 0 Å². The lowest BCUT2D eigenvalue weighted by Crippen LogP contribution is -2.37. The van der Waals surface area contributed by atoms with Crippen LogP contribution in [-0.2, 0) is 16.0 Å². The van der Waals surface area contributed by atoms with E-state index in [1.165, 1.54) is 0 Å². The maximum absolute atomic E-state index is 12.0. The van der Waals surface area contributed by atoms with Crippen molar-refractivity contribution < 1.29 is 9.59 Å². The molecule has 2 unspecified atom stereocenters. The van der Waals surface area contributed by atoms with Gasteiger partial charge >= 0.3 is 0 Å². The largest absolute Gasteiger partial charge is 0.355 e. The minimum Gasteiger partial charge on any atom is -0.355 e. The Labute approximate surface area is 125 Å². The van der Waals surface area contributed by atoms with E-state index >= 15 is 0 Å². The number of benzene rings is 1. The number of hydrogen-bond acceptors (Lipinski definition) is 3. The molecule has 1 aliphatic heterocycles. The van der Waals surface area contributed by atoms with Crippen LogP contribution in [0.2, 0.25) is 0 Å². The van der Waals surface area contributed by atoms with Crippen LogP contribution in [0, 0.1) is 5.92 Å². The van der Waals surface area contributed by atoms with Crippen LogP contribution < -0.4 is 16.0 Å². The molecule has 3 N–H and O–H groups in total. The molecule has 1 heterocycles. The van der Waals surface area contributed by atoms with E-state index in [9.17, 15) is 9.59 Å². The second kappa shape index (κ2) is 7.22. The van der Waals surface area contributed by atoms with Gasteiger partial charge in [-0.3, -0.25) is 9.59 Å². The number of carbonyl (C=O) groups excluding carboxylic acids is 2. The van der Waals surface area contributed by atoms with E-state index in [1.807, 2.05) is 38.2 Å². The van der Waals surface area contributed by atoms with Crippen LogP contribution in [0.4, 0.5) is 5.69 Å². The second-order valence-corrected chi connectivity index (χ2v) is 5.58. The normalized spacial score (nSPS) is 18.6. The Balaban J connectivity index is 1.81. The first-order chi connectivity index (χ1) is 10.1. The molecular weight excluding hydrogens is 266 g/mol. The molecule has 0 saturated heterocycles. The Morgan fingerprint density at radius 2 is 2.19 bits per heavy atom. The minimum absolute atomic E-state index is 0.00348. The molecule has 0 bridgehead atoms. The van der Waals surface area contributed by atoms with Crippen molar-refractivity contribution in [3.05, 3.63) is 29.8 Å². The Bertz CT molecular complexity index is 516. The van der Waals surface area contributed by atoms with Gasteiger partial charge in [-0.1, -0.05) is 18.2 Å². The molecule has 5 nitrogen and oxygen atoms in total. The highest BCUT2D eigenvalue weighted by Gasteiger charge is 2.26. The van der Waals surface area contributed by atoms with Gasteiger partial charge in [-0.2, -0.15) is 0 Å². The Morgan fingerprint density at radius 1 is 1.43 bits per heavy atom. The van der Waals surface area contributed by atoms with E-state index in [-0.39, 0.29) is 23.8 Å². The van der Waals surface area contributed by atoms with Gasteiger partial charge in [0.05, 0.1) is 0 Å². The van der Waals surface area contributed by atoms with Crippen LogP contribution >= 0.6 is 0 Å². The molecule has 1 aromatic rings. The molecule has 1 aromatic carbocycles. The van der Waals surface area contributed by atoms with Crippen molar-refractivity contribution in [2.24, 2.45) is 5.92 Å². The van der Waals surface area contributed by atoms with Crippen LogP contribution in [0.15, 0.2) is 24.3 Å². The topological polar surface area (TPSA) is 70.2 Å². The van der Waals surface area contributed by atoms with E-state index in [2.05, 4.69) is 16.0 Å². The number of hydrogen-bond donors (Lipinski definition) is 3. The molecule has 114 valence electrons. The number of amides is 2. The van der Waals surface area contributed by atoms with Crippen LogP contribution in [0.3, 0.4) is 0 Å². The molecule has 2 amide bonds. The minimum atomic E-state index is -0.118. The predicted molar refractivity (Wildman–Crippen MR) is 83.0 cm³/mol. The standard InChI is InChI=1S/C16H23N3O2/c1-11(17-2)10-18-15(20)8-7-13-9-12-5-3-4-6-14(12)19-16(13)21/h3-6,11,13,17H,7-10H2,1-2H3,(H,18,20)(H,19,21). The van der Waals surface area contributed by atoms with Crippen molar-refractivity contribution in [3.8, 4) is 0 Å². The first-order valence-electron chi connectivity index (χ1n) is 7.43. The molecule has 0 spiro atoms. The summed E-state index contributed by atoms with van der Waals surface area (Å²) in [5, 5.41) is 8.85. The summed E-state index contributed by atoms with van der Waals surface area (Å²) in [4.78, 5) is 23.8. The summed E-state index contributed by atoms with van der Waals surface area (Å²) in [6.45, 7) is 2.61. The SMILES string of the molecule is CNC(C)CNC(=O)CCC1Cc2ccccc2NC1=O. The van der Waals surface area contributed by atoms with Crippen LogP contribution in [-0.4, -0.2) is 31.4 Å². The quantitative estimate of drug-likeness (QED) is 0.739. The van der Waals surface area contributed by atoms with Gasteiger partial charge in [-0.15, -0.1) is 0 Å². The number of fused-ring (bicyclic) bond motifs is 1. The average molecular weight is 289 g/mol. The molecule has 0 fully saturated rings. The highest BCUT2D eigenvalue weighted by Crippen LogP contribution is 2.27. The lowest BCUT2D eigenvalue weighted by atomic mass is 9.89. The zero-order valence-electron chi connectivity index (χ0n) is 12.6.